The molecule has 10 heteroatoms. The summed E-state index contributed by atoms with van der Waals surface area (Å²) >= 11 is 6.13. The Kier molecular flexibility index (Phi) is 11.1. The van der Waals surface area contributed by atoms with Crippen LogP contribution in [-0.2, 0) is 29.0 Å². The molecule has 3 N–H and O–H groups in total. The summed E-state index contributed by atoms with van der Waals surface area (Å²) in [4.78, 5) is 47.2. The molecule has 248 valence electrons. The smallest absolute Gasteiger partial charge is 0.253 e. The van der Waals surface area contributed by atoms with Crippen LogP contribution < -0.4 is 20.9 Å². The van der Waals surface area contributed by atoms with Crippen molar-refractivity contribution in [3.8, 4) is 0 Å². The molecular weight excluding hydrogens is 612 g/mol. The van der Waals surface area contributed by atoms with Crippen LogP contribution >= 0.6 is 11.6 Å². The lowest BCUT2D eigenvalue weighted by Gasteiger charge is -2.38. The summed E-state index contributed by atoms with van der Waals surface area (Å²) in [5, 5.41) is 10.2. The van der Waals surface area contributed by atoms with E-state index in [4.69, 9.17) is 11.6 Å². The van der Waals surface area contributed by atoms with Gasteiger partial charge < -0.3 is 30.7 Å². The Balaban J connectivity index is 1.08. The average Bonchev–Trinajstić information content (AvgIpc) is 3.12. The Morgan fingerprint density at radius 1 is 0.830 bits per heavy atom. The van der Waals surface area contributed by atoms with Crippen molar-refractivity contribution in [3.05, 3.63) is 100 Å². The molecule has 2 unspecified atom stereocenters. The van der Waals surface area contributed by atoms with Crippen LogP contribution in [0.2, 0.25) is 5.02 Å². The third-order valence-electron chi connectivity index (χ3n) is 9.61. The number of nitrogens with one attached hydrogen (secondary N) is 3. The molecular formula is C37H45ClN6O3. The molecule has 2 atom stereocenters. The Morgan fingerprint density at radius 2 is 1.53 bits per heavy atom. The third-order valence-corrected chi connectivity index (χ3v) is 9.86. The van der Waals surface area contributed by atoms with Crippen molar-refractivity contribution in [2.45, 2.75) is 50.7 Å². The summed E-state index contributed by atoms with van der Waals surface area (Å²) in [5.74, 6) is -0.348. The molecule has 3 aromatic rings. The maximum Gasteiger partial charge on any atom is 0.253 e. The van der Waals surface area contributed by atoms with Gasteiger partial charge in [0.1, 0.15) is 6.04 Å². The molecule has 2 fully saturated rings. The topological polar surface area (TPSA) is 97.0 Å². The molecule has 3 aromatic carbocycles. The van der Waals surface area contributed by atoms with Crippen molar-refractivity contribution in [2.24, 2.45) is 0 Å². The van der Waals surface area contributed by atoms with Gasteiger partial charge in [0.25, 0.3) is 5.91 Å². The predicted molar refractivity (Wildman–Crippen MR) is 186 cm³/mol. The number of rotatable bonds is 10. The highest BCUT2D eigenvalue weighted by molar-refractivity contribution is 6.30. The molecule has 3 amide bonds. The summed E-state index contributed by atoms with van der Waals surface area (Å²) in [6, 6.07) is 22.1. The van der Waals surface area contributed by atoms with E-state index in [1.165, 1.54) is 24.8 Å². The molecule has 3 aliphatic rings. The fourth-order valence-electron chi connectivity index (χ4n) is 6.90. The van der Waals surface area contributed by atoms with Crippen LogP contribution in [0.4, 0.5) is 5.69 Å². The molecule has 6 rings (SSSR count). The lowest BCUT2D eigenvalue weighted by Crippen LogP contribution is -2.58. The van der Waals surface area contributed by atoms with Crippen molar-refractivity contribution >= 4 is 35.0 Å². The number of halogens is 1. The van der Waals surface area contributed by atoms with Gasteiger partial charge in [0, 0.05) is 62.9 Å². The van der Waals surface area contributed by atoms with E-state index in [1.807, 2.05) is 53.4 Å². The molecule has 9 nitrogen and oxygen atoms in total. The number of nitrogens with zero attached hydrogens (tertiary/aromatic N) is 3. The van der Waals surface area contributed by atoms with Crippen molar-refractivity contribution in [1.29, 1.82) is 0 Å². The largest absolute Gasteiger partial charge is 0.367 e. The van der Waals surface area contributed by atoms with Gasteiger partial charge in [0.2, 0.25) is 11.8 Å². The Bertz CT molecular complexity index is 1540. The molecule has 3 aliphatic heterocycles. The Labute approximate surface area is 282 Å². The molecule has 0 aromatic heterocycles. The van der Waals surface area contributed by atoms with Crippen LogP contribution in [0.5, 0.6) is 0 Å². The molecule has 0 saturated carbocycles. The van der Waals surface area contributed by atoms with E-state index in [9.17, 15) is 14.4 Å². The van der Waals surface area contributed by atoms with E-state index in [0.29, 0.717) is 62.7 Å². The SMILES string of the molecule is O=C(NCCN1CCCCC1)c1ccccc1N1CCN(C(=O)C(Cc2ccc(Cl)cc2)NC(=O)C2Cc3ccccc3CN2)CC1. The summed E-state index contributed by atoms with van der Waals surface area (Å²) in [6.07, 6.45) is 4.69. The number of benzene rings is 3. The number of fused-ring (bicyclic) bond motifs is 1. The first-order chi connectivity index (χ1) is 22.9. The van der Waals surface area contributed by atoms with Gasteiger partial charge in [-0.15, -0.1) is 0 Å². The maximum atomic E-state index is 14.0. The van der Waals surface area contributed by atoms with Crippen molar-refractivity contribution in [3.63, 3.8) is 0 Å². The zero-order chi connectivity index (χ0) is 32.6. The van der Waals surface area contributed by atoms with Gasteiger partial charge in [0.05, 0.1) is 11.6 Å². The highest BCUT2D eigenvalue weighted by atomic mass is 35.5. The molecule has 0 radical (unpaired) electrons. The number of piperazine rings is 1. The second kappa shape index (κ2) is 15.8. The van der Waals surface area contributed by atoms with Crippen LogP contribution in [0, 0.1) is 0 Å². The standard InChI is InChI=1S/C37H45ClN6O3/c38-30-14-12-27(13-15-30)24-33(41-36(46)32-25-28-8-2-3-9-29(28)26-40-32)37(47)44-22-20-43(21-23-44)34-11-5-4-10-31(34)35(45)39-16-19-42-17-6-1-7-18-42/h2-5,8-15,32-33,40H,1,6-7,16-26H2,(H,39,45)(H,41,46). The van der Waals surface area contributed by atoms with Gasteiger partial charge >= 0.3 is 0 Å². The fourth-order valence-corrected chi connectivity index (χ4v) is 7.03. The first-order valence-corrected chi connectivity index (χ1v) is 17.3. The van der Waals surface area contributed by atoms with Crippen molar-refractivity contribution in [1.82, 2.24) is 25.8 Å². The number of hydrogen-bond donors (Lipinski definition) is 3. The van der Waals surface area contributed by atoms with Gasteiger partial charge in [-0.25, -0.2) is 0 Å². The number of hydrogen-bond acceptors (Lipinski definition) is 6. The normalized spacial score (nSPS) is 19.0. The monoisotopic (exact) mass is 656 g/mol. The first kappa shape index (κ1) is 33.0. The second-order valence-corrected chi connectivity index (χ2v) is 13.2. The molecule has 47 heavy (non-hydrogen) atoms. The molecule has 2 saturated heterocycles. The van der Waals surface area contributed by atoms with Gasteiger partial charge in [-0.3, -0.25) is 14.4 Å². The third kappa shape index (κ3) is 8.52. The first-order valence-electron chi connectivity index (χ1n) is 16.9. The lowest BCUT2D eigenvalue weighted by molar-refractivity contribution is -0.137. The lowest BCUT2D eigenvalue weighted by atomic mass is 9.95. The number of amides is 3. The van der Waals surface area contributed by atoms with Gasteiger partial charge in [-0.2, -0.15) is 0 Å². The zero-order valence-electron chi connectivity index (χ0n) is 26.9. The summed E-state index contributed by atoms with van der Waals surface area (Å²) < 4.78 is 0. The minimum atomic E-state index is -0.716. The quantitative estimate of drug-likeness (QED) is 0.309. The van der Waals surface area contributed by atoms with E-state index in [1.54, 1.807) is 12.1 Å². The number of likely N-dealkylation sites (tertiary alicyclic amines) is 1. The fraction of sp³-hybridized carbons (Fsp3) is 0.432. The van der Waals surface area contributed by atoms with E-state index in [-0.39, 0.29) is 17.7 Å². The summed E-state index contributed by atoms with van der Waals surface area (Å²) in [6.45, 7) is 6.48. The van der Waals surface area contributed by atoms with E-state index in [2.05, 4.69) is 37.9 Å². The summed E-state index contributed by atoms with van der Waals surface area (Å²) in [7, 11) is 0. The zero-order valence-corrected chi connectivity index (χ0v) is 27.7. The van der Waals surface area contributed by atoms with E-state index in [0.717, 1.165) is 36.4 Å². The van der Waals surface area contributed by atoms with Crippen LogP contribution in [0.15, 0.2) is 72.8 Å². The van der Waals surface area contributed by atoms with Crippen LogP contribution in [0.25, 0.3) is 0 Å². The Hall–Kier alpha value is -3.92. The van der Waals surface area contributed by atoms with Crippen LogP contribution in [-0.4, -0.2) is 92.0 Å². The van der Waals surface area contributed by atoms with Crippen molar-refractivity contribution < 1.29 is 14.4 Å². The highest BCUT2D eigenvalue weighted by Gasteiger charge is 2.32. The highest BCUT2D eigenvalue weighted by Crippen LogP contribution is 2.23. The van der Waals surface area contributed by atoms with Gasteiger partial charge in [0.15, 0.2) is 0 Å². The number of piperidine rings is 1. The molecule has 0 spiro atoms. The van der Waals surface area contributed by atoms with Gasteiger partial charge in [-0.05, 0) is 73.3 Å². The minimum Gasteiger partial charge on any atom is -0.367 e. The van der Waals surface area contributed by atoms with E-state index >= 15 is 0 Å². The number of anilines is 1. The van der Waals surface area contributed by atoms with E-state index < -0.39 is 12.1 Å². The second-order valence-electron chi connectivity index (χ2n) is 12.8. The number of carbonyl (C=O) groups excluding carboxylic acids is 3. The number of para-hydroxylation sites is 1. The molecule has 0 bridgehead atoms. The van der Waals surface area contributed by atoms with Crippen molar-refractivity contribution in [2.75, 3.05) is 57.3 Å². The average molecular weight is 657 g/mol. The van der Waals surface area contributed by atoms with Gasteiger partial charge in [-0.1, -0.05) is 66.6 Å². The Morgan fingerprint density at radius 3 is 2.30 bits per heavy atom. The maximum absolute atomic E-state index is 14.0. The molecule has 0 aliphatic carbocycles. The summed E-state index contributed by atoms with van der Waals surface area (Å²) in [5.41, 5.74) is 4.80. The van der Waals surface area contributed by atoms with Crippen LogP contribution in [0.1, 0.15) is 46.3 Å². The predicted octanol–water partition coefficient (Wildman–Crippen LogP) is 3.65. The number of carbonyl (C=O) groups is 3. The minimum absolute atomic E-state index is 0.0687. The molecule has 3 heterocycles. The van der Waals surface area contributed by atoms with Crippen LogP contribution in [0.3, 0.4) is 0 Å².